The number of pyridine rings is 1. The fourth-order valence-corrected chi connectivity index (χ4v) is 7.92. The Hall–Kier alpha value is -3.35. The average molecular weight is 631 g/mol. The molecule has 2 aromatic heterocycles. The van der Waals surface area contributed by atoms with Gasteiger partial charge in [-0.25, -0.2) is 0 Å². The molecule has 2 aromatic carbocycles. The Labute approximate surface area is 266 Å². The molecule has 2 aliphatic rings. The molecule has 230 valence electrons. The van der Waals surface area contributed by atoms with E-state index in [0.717, 1.165) is 36.6 Å². The lowest BCUT2D eigenvalue weighted by molar-refractivity contribution is 0.0378. The normalized spacial score (nSPS) is 16.8. The summed E-state index contributed by atoms with van der Waals surface area (Å²) in [6, 6.07) is 16.8. The van der Waals surface area contributed by atoms with Crippen molar-refractivity contribution in [2.75, 3.05) is 63.8 Å². The van der Waals surface area contributed by atoms with E-state index in [9.17, 15) is 4.79 Å². The van der Waals surface area contributed by atoms with E-state index in [1.807, 2.05) is 31.5 Å². The van der Waals surface area contributed by atoms with Gasteiger partial charge in [0.15, 0.2) is 0 Å². The largest absolute Gasteiger partial charge is 0.383 e. The molecule has 2 unspecified atom stereocenters. The maximum Gasteiger partial charge on any atom is 0.271 e. The Morgan fingerprint density at radius 3 is 2.84 bits per heavy atom. The van der Waals surface area contributed by atoms with Crippen LogP contribution in [-0.2, 0) is 9.47 Å². The quantitative estimate of drug-likeness (QED) is 0.187. The first-order valence-corrected chi connectivity index (χ1v) is 16.5. The van der Waals surface area contributed by atoms with Gasteiger partial charge in [-0.05, 0) is 62.4 Å². The van der Waals surface area contributed by atoms with Gasteiger partial charge in [-0.2, -0.15) is 0 Å². The second-order valence-electron chi connectivity index (χ2n) is 11.1. The molecule has 1 fully saturated rings. The molecule has 0 spiro atoms. The minimum Gasteiger partial charge on any atom is -0.383 e. The molecule has 0 amide bonds. The van der Waals surface area contributed by atoms with Crippen LogP contribution in [0.25, 0.3) is 0 Å². The fraction of sp³-hybridized carbons (Fsp3) is 0.364. The Balaban J connectivity index is 1.19. The van der Waals surface area contributed by atoms with Crippen molar-refractivity contribution in [2.24, 2.45) is 0 Å². The maximum atomic E-state index is 12.5. The van der Waals surface area contributed by atoms with Crippen molar-refractivity contribution in [1.82, 2.24) is 19.9 Å². The number of ether oxygens (including phenoxy) is 2. The number of H-pyrrole nitrogens is 1. The van der Waals surface area contributed by atoms with Crippen LogP contribution in [0.4, 0.5) is 11.4 Å². The molecule has 9 nitrogen and oxygen atoms in total. The second kappa shape index (κ2) is 14.2. The van der Waals surface area contributed by atoms with Crippen molar-refractivity contribution >= 4 is 34.9 Å². The van der Waals surface area contributed by atoms with Crippen LogP contribution in [0.15, 0.2) is 91.5 Å². The van der Waals surface area contributed by atoms with E-state index in [2.05, 4.69) is 68.5 Å². The molecule has 1 saturated heterocycles. The van der Waals surface area contributed by atoms with Crippen LogP contribution in [0.5, 0.6) is 0 Å². The van der Waals surface area contributed by atoms with E-state index in [1.54, 1.807) is 36.8 Å². The Bertz CT molecular complexity index is 1630. The van der Waals surface area contributed by atoms with E-state index in [-0.39, 0.29) is 17.7 Å². The van der Waals surface area contributed by atoms with Gasteiger partial charge in [0.1, 0.15) is 11.8 Å². The molecule has 0 saturated carbocycles. The number of nitrogens with one attached hydrogen (secondary N) is 2. The van der Waals surface area contributed by atoms with Gasteiger partial charge in [-0.1, -0.05) is 35.7 Å². The molecule has 0 aliphatic carbocycles. The zero-order chi connectivity index (χ0) is 30.5. The number of anilines is 2. The number of hydrogen-bond donors (Lipinski definition) is 2. The van der Waals surface area contributed by atoms with Gasteiger partial charge >= 0.3 is 0 Å². The number of rotatable bonds is 11. The number of benzene rings is 2. The molecular weight excluding hydrogens is 593 g/mol. The van der Waals surface area contributed by atoms with Gasteiger partial charge in [0.05, 0.1) is 36.8 Å². The zero-order valence-electron chi connectivity index (χ0n) is 25.3. The van der Waals surface area contributed by atoms with Gasteiger partial charge in [-0.15, -0.1) is 0 Å². The number of fused-ring (bicyclic) bond motifs is 2. The summed E-state index contributed by atoms with van der Waals surface area (Å²) in [6.07, 6.45) is 6.15. The summed E-state index contributed by atoms with van der Waals surface area (Å²) in [5, 5.41) is 3.75. The van der Waals surface area contributed by atoms with Crippen LogP contribution in [0, 0.1) is 6.92 Å². The summed E-state index contributed by atoms with van der Waals surface area (Å²) in [4.78, 5) is 33.8. The van der Waals surface area contributed by atoms with Crippen molar-refractivity contribution in [2.45, 2.75) is 45.1 Å². The molecule has 4 aromatic rings. The zero-order valence-corrected chi connectivity index (χ0v) is 26.9. The molecular formula is C33H38N6O3S2. The summed E-state index contributed by atoms with van der Waals surface area (Å²) in [5.41, 5.74) is 4.69. The van der Waals surface area contributed by atoms with E-state index in [4.69, 9.17) is 14.5 Å². The Kier molecular flexibility index (Phi) is 9.88. The minimum absolute atomic E-state index is 0.0227. The number of aromatic amines is 1. The summed E-state index contributed by atoms with van der Waals surface area (Å²) in [7, 11) is 3.85. The van der Waals surface area contributed by atoms with Gasteiger partial charge < -0.3 is 29.6 Å². The number of aryl methyl sites for hydroxylation is 1. The second-order valence-corrected chi connectivity index (χ2v) is 13.2. The van der Waals surface area contributed by atoms with E-state index in [1.165, 1.54) is 25.1 Å². The highest BCUT2D eigenvalue weighted by Gasteiger charge is 2.29. The van der Waals surface area contributed by atoms with Crippen molar-refractivity contribution < 1.29 is 9.47 Å². The molecule has 11 heteroatoms. The fourth-order valence-electron chi connectivity index (χ4n) is 5.47. The highest BCUT2D eigenvalue weighted by Crippen LogP contribution is 2.52. The van der Waals surface area contributed by atoms with Crippen LogP contribution in [0.2, 0.25) is 0 Å². The van der Waals surface area contributed by atoms with Gasteiger partial charge in [0, 0.05) is 71.0 Å². The van der Waals surface area contributed by atoms with Crippen LogP contribution < -0.4 is 15.8 Å². The molecule has 4 heterocycles. The molecule has 2 N–H and O–H groups in total. The van der Waals surface area contributed by atoms with Crippen LogP contribution >= 0.6 is 23.5 Å². The first-order valence-electron chi connectivity index (χ1n) is 14.9. The predicted octanol–water partition coefficient (Wildman–Crippen LogP) is 5.79. The number of likely N-dealkylation sites (N-methyl/N-ethyl adjacent to an activating group) is 1. The maximum absolute atomic E-state index is 12.5. The van der Waals surface area contributed by atoms with Crippen LogP contribution in [0.1, 0.15) is 35.5 Å². The predicted molar refractivity (Wildman–Crippen MR) is 176 cm³/mol. The minimum atomic E-state index is -0.118. The molecule has 6 rings (SSSR count). The number of morpholine rings is 1. The molecule has 0 bridgehead atoms. The molecule has 44 heavy (non-hydrogen) atoms. The lowest BCUT2D eigenvalue weighted by Crippen LogP contribution is -2.41. The molecule has 0 radical (unpaired) electrons. The summed E-state index contributed by atoms with van der Waals surface area (Å²) in [5.74, 6) is 0. The SMILES string of the molecule is COCCN(C)CCC(Nc1ccc2c(c1)Sc1cccc(C3CN(c4ccc[nH]c4=O)CCO3)c1S2)c1cnc(C)cn1. The lowest BCUT2D eigenvalue weighted by atomic mass is 10.1. The first-order chi connectivity index (χ1) is 21.5. The van der Waals surface area contributed by atoms with Crippen molar-refractivity contribution in [3.05, 3.63) is 94.4 Å². The van der Waals surface area contributed by atoms with Gasteiger partial charge in [-0.3, -0.25) is 14.8 Å². The molecule has 2 atom stereocenters. The van der Waals surface area contributed by atoms with Gasteiger partial charge in [0.25, 0.3) is 5.56 Å². The highest BCUT2D eigenvalue weighted by molar-refractivity contribution is 8.05. The Morgan fingerprint density at radius 2 is 2.02 bits per heavy atom. The third-order valence-corrected chi connectivity index (χ3v) is 10.5. The van der Waals surface area contributed by atoms with E-state index in [0.29, 0.717) is 32.0 Å². The summed E-state index contributed by atoms with van der Waals surface area (Å²) < 4.78 is 11.5. The average Bonchev–Trinajstić information content (AvgIpc) is 3.05. The molecule has 2 aliphatic heterocycles. The summed E-state index contributed by atoms with van der Waals surface area (Å²) >= 11 is 3.59. The smallest absolute Gasteiger partial charge is 0.271 e. The van der Waals surface area contributed by atoms with E-state index < -0.39 is 0 Å². The topological polar surface area (TPSA) is 95.6 Å². The number of hydrogen-bond acceptors (Lipinski definition) is 10. The van der Waals surface area contributed by atoms with Gasteiger partial charge in [0.2, 0.25) is 0 Å². The van der Waals surface area contributed by atoms with Crippen LogP contribution in [0.3, 0.4) is 0 Å². The van der Waals surface area contributed by atoms with E-state index >= 15 is 0 Å². The van der Waals surface area contributed by atoms with Crippen molar-refractivity contribution in [3.63, 3.8) is 0 Å². The first kappa shape index (κ1) is 30.7. The number of methoxy groups -OCH3 is 1. The highest BCUT2D eigenvalue weighted by atomic mass is 32.2. The Morgan fingerprint density at radius 1 is 1.11 bits per heavy atom. The van der Waals surface area contributed by atoms with Crippen molar-refractivity contribution in [3.8, 4) is 0 Å². The monoisotopic (exact) mass is 630 g/mol. The van der Waals surface area contributed by atoms with Crippen LogP contribution in [-0.4, -0.2) is 73.4 Å². The number of nitrogens with zero attached hydrogens (tertiary/aromatic N) is 4. The third kappa shape index (κ3) is 7.13. The summed E-state index contributed by atoms with van der Waals surface area (Å²) in [6.45, 7) is 6.35. The lowest BCUT2D eigenvalue weighted by Gasteiger charge is -2.35. The number of aromatic nitrogens is 3. The standard InChI is InChI=1S/C33H38N6O3S2/c1-22-19-36-26(20-35-22)25(11-13-38(2)14-16-41-3)37-23-9-10-29-31(18-23)43-30-8-4-6-24(32(30)44-29)28-21-39(15-17-42-28)27-7-5-12-34-33(27)40/h4-10,12,18-20,25,28,37H,11,13-17,21H2,1-3H3,(H,34,40). The third-order valence-electron chi connectivity index (χ3n) is 7.91. The van der Waals surface area contributed by atoms with Crippen molar-refractivity contribution in [1.29, 1.82) is 0 Å².